The fourth-order valence-electron chi connectivity index (χ4n) is 3.59. The Balaban J connectivity index is 2.04. The average molecular weight is 313 g/mol. The topological polar surface area (TPSA) is 54.5 Å². The van der Waals surface area contributed by atoms with Crippen molar-refractivity contribution >= 4 is 15.7 Å². The zero-order chi connectivity index (χ0) is 15.5. The van der Waals surface area contributed by atoms with Crippen molar-refractivity contribution in [3.05, 3.63) is 11.6 Å². The summed E-state index contributed by atoms with van der Waals surface area (Å²) in [6, 6.07) is -0.148. The normalized spacial score (nSPS) is 27.0. The first-order chi connectivity index (χ1) is 9.89. The van der Waals surface area contributed by atoms with Gasteiger partial charge in [-0.05, 0) is 38.5 Å². The van der Waals surface area contributed by atoms with Crippen LogP contribution in [0.2, 0.25) is 0 Å². The maximum absolute atomic E-state index is 12.5. The first kappa shape index (κ1) is 16.5. The van der Waals surface area contributed by atoms with E-state index in [-0.39, 0.29) is 17.2 Å². The van der Waals surface area contributed by atoms with Crippen molar-refractivity contribution in [3.8, 4) is 0 Å². The first-order valence-corrected chi connectivity index (χ1v) is 9.97. The van der Waals surface area contributed by atoms with Crippen LogP contribution in [-0.2, 0) is 14.6 Å². The van der Waals surface area contributed by atoms with Crippen LogP contribution >= 0.6 is 0 Å². The summed E-state index contributed by atoms with van der Waals surface area (Å²) in [6.45, 7) is 0. The number of amides is 1. The molecule has 120 valence electrons. The zero-order valence-electron chi connectivity index (χ0n) is 13.2. The maximum Gasteiger partial charge on any atom is 0.226 e. The van der Waals surface area contributed by atoms with Crippen molar-refractivity contribution in [1.29, 1.82) is 0 Å². The summed E-state index contributed by atoms with van der Waals surface area (Å²) in [5.41, 5.74) is 1.23. The van der Waals surface area contributed by atoms with Gasteiger partial charge in [0, 0.05) is 25.8 Å². The molecule has 2 rings (SSSR count). The van der Waals surface area contributed by atoms with Gasteiger partial charge < -0.3 is 4.90 Å². The summed E-state index contributed by atoms with van der Waals surface area (Å²) in [6.07, 6.45) is 11.9. The van der Waals surface area contributed by atoms with E-state index in [9.17, 15) is 13.2 Å². The molecule has 2 aliphatic carbocycles. The van der Waals surface area contributed by atoms with Crippen LogP contribution < -0.4 is 0 Å². The second-order valence-corrected chi connectivity index (χ2v) is 8.77. The lowest BCUT2D eigenvalue weighted by molar-refractivity contribution is -0.131. The van der Waals surface area contributed by atoms with Gasteiger partial charge in [-0.3, -0.25) is 4.79 Å². The van der Waals surface area contributed by atoms with Crippen molar-refractivity contribution in [2.45, 2.75) is 69.1 Å². The van der Waals surface area contributed by atoms with Crippen LogP contribution in [-0.4, -0.2) is 43.8 Å². The molecule has 0 bridgehead atoms. The fraction of sp³-hybridized carbons (Fsp3) is 0.812. The van der Waals surface area contributed by atoms with Crippen LogP contribution in [0.15, 0.2) is 11.6 Å². The molecule has 2 atom stereocenters. The SMILES string of the molecule is CN(C(=O)CC1=CCCCC1)C1CCCCC1S(C)(=O)=O. The van der Waals surface area contributed by atoms with E-state index in [0.717, 1.165) is 38.5 Å². The molecule has 0 aromatic heterocycles. The number of hydrogen-bond acceptors (Lipinski definition) is 3. The van der Waals surface area contributed by atoms with Gasteiger partial charge in [-0.15, -0.1) is 0 Å². The molecule has 4 nitrogen and oxygen atoms in total. The third-order valence-electron chi connectivity index (χ3n) is 4.87. The molecule has 1 fully saturated rings. The Bertz CT molecular complexity index is 510. The van der Waals surface area contributed by atoms with E-state index in [1.807, 2.05) is 0 Å². The smallest absolute Gasteiger partial charge is 0.226 e. The average Bonchev–Trinajstić information content (AvgIpc) is 2.46. The highest BCUT2D eigenvalue weighted by Crippen LogP contribution is 2.29. The number of rotatable bonds is 4. The highest BCUT2D eigenvalue weighted by atomic mass is 32.2. The highest BCUT2D eigenvalue weighted by Gasteiger charge is 2.36. The Morgan fingerprint density at radius 1 is 1.24 bits per heavy atom. The molecule has 0 heterocycles. The molecule has 0 N–H and O–H groups in total. The predicted molar refractivity (Wildman–Crippen MR) is 84.8 cm³/mol. The van der Waals surface area contributed by atoms with Crippen molar-refractivity contribution in [2.24, 2.45) is 0 Å². The molecule has 1 amide bonds. The quantitative estimate of drug-likeness (QED) is 0.750. The lowest BCUT2D eigenvalue weighted by atomic mass is 9.92. The number of hydrogen-bond donors (Lipinski definition) is 0. The van der Waals surface area contributed by atoms with Gasteiger partial charge in [0.1, 0.15) is 0 Å². The van der Waals surface area contributed by atoms with E-state index in [1.54, 1.807) is 11.9 Å². The van der Waals surface area contributed by atoms with E-state index in [4.69, 9.17) is 0 Å². The van der Waals surface area contributed by atoms with Crippen LogP contribution in [0.3, 0.4) is 0 Å². The van der Waals surface area contributed by atoms with Gasteiger partial charge in [0.05, 0.1) is 5.25 Å². The summed E-state index contributed by atoms with van der Waals surface area (Å²) < 4.78 is 23.9. The second kappa shape index (κ2) is 6.95. The van der Waals surface area contributed by atoms with E-state index < -0.39 is 9.84 Å². The molecule has 5 heteroatoms. The van der Waals surface area contributed by atoms with Crippen LogP contribution in [0.5, 0.6) is 0 Å². The van der Waals surface area contributed by atoms with Crippen molar-refractivity contribution in [2.75, 3.05) is 13.3 Å². The van der Waals surface area contributed by atoms with Crippen LogP contribution in [0, 0.1) is 0 Å². The maximum atomic E-state index is 12.5. The number of allylic oxidation sites excluding steroid dienone is 1. The first-order valence-electron chi connectivity index (χ1n) is 8.02. The van der Waals surface area contributed by atoms with Crippen LogP contribution in [0.1, 0.15) is 57.8 Å². The Labute approximate surface area is 128 Å². The van der Waals surface area contributed by atoms with Crippen LogP contribution in [0.25, 0.3) is 0 Å². The fourth-order valence-corrected chi connectivity index (χ4v) is 5.07. The van der Waals surface area contributed by atoms with E-state index in [1.165, 1.54) is 18.2 Å². The zero-order valence-corrected chi connectivity index (χ0v) is 14.0. The third kappa shape index (κ3) is 4.31. The van der Waals surface area contributed by atoms with Gasteiger partial charge in [-0.25, -0.2) is 8.42 Å². The van der Waals surface area contributed by atoms with Gasteiger partial charge in [-0.2, -0.15) is 0 Å². The molecule has 2 aliphatic rings. The third-order valence-corrected chi connectivity index (χ3v) is 6.52. The molecule has 0 aliphatic heterocycles. The largest absolute Gasteiger partial charge is 0.341 e. The number of carbonyl (C=O) groups is 1. The lowest BCUT2D eigenvalue weighted by Crippen LogP contribution is -2.49. The lowest BCUT2D eigenvalue weighted by Gasteiger charge is -2.37. The second-order valence-electron chi connectivity index (χ2n) is 6.51. The van der Waals surface area contributed by atoms with Crippen molar-refractivity contribution < 1.29 is 13.2 Å². The molecule has 0 aromatic carbocycles. The molecule has 0 radical (unpaired) electrons. The van der Waals surface area contributed by atoms with Gasteiger partial charge in [0.25, 0.3) is 0 Å². The summed E-state index contributed by atoms with van der Waals surface area (Å²) in [5.74, 6) is 0.0729. The summed E-state index contributed by atoms with van der Waals surface area (Å²) in [4.78, 5) is 14.2. The molecule has 21 heavy (non-hydrogen) atoms. The van der Waals surface area contributed by atoms with E-state index in [0.29, 0.717) is 12.8 Å². The van der Waals surface area contributed by atoms with Gasteiger partial charge in [0.2, 0.25) is 5.91 Å². The highest BCUT2D eigenvalue weighted by molar-refractivity contribution is 7.91. The predicted octanol–water partition coefficient (Wildman–Crippen LogP) is 2.69. The molecule has 2 unspecified atom stereocenters. The molecule has 1 saturated carbocycles. The minimum atomic E-state index is -3.10. The van der Waals surface area contributed by atoms with E-state index in [2.05, 4.69) is 6.08 Å². The summed E-state index contributed by atoms with van der Waals surface area (Å²) >= 11 is 0. The molecule has 0 saturated heterocycles. The molecule has 0 aromatic rings. The Morgan fingerprint density at radius 2 is 1.95 bits per heavy atom. The number of carbonyl (C=O) groups excluding carboxylic acids is 1. The number of nitrogens with zero attached hydrogens (tertiary/aromatic N) is 1. The molecular formula is C16H27NO3S. The Kier molecular flexibility index (Phi) is 5.47. The molecular weight excluding hydrogens is 286 g/mol. The summed E-state index contributed by atoms with van der Waals surface area (Å²) in [7, 11) is -1.32. The van der Waals surface area contributed by atoms with Gasteiger partial charge >= 0.3 is 0 Å². The Morgan fingerprint density at radius 3 is 2.57 bits per heavy atom. The standard InChI is InChI=1S/C16H27NO3S/c1-17(16(18)12-13-8-4-3-5-9-13)14-10-6-7-11-15(14)21(2,19)20/h8,14-15H,3-7,9-12H2,1-2H3. The minimum Gasteiger partial charge on any atom is -0.341 e. The van der Waals surface area contributed by atoms with Gasteiger partial charge in [0.15, 0.2) is 9.84 Å². The van der Waals surface area contributed by atoms with Crippen molar-refractivity contribution in [3.63, 3.8) is 0 Å². The monoisotopic (exact) mass is 313 g/mol. The number of sulfone groups is 1. The summed E-state index contributed by atoms with van der Waals surface area (Å²) in [5, 5.41) is -0.388. The Hall–Kier alpha value is -0.840. The molecule has 0 spiro atoms. The van der Waals surface area contributed by atoms with Crippen LogP contribution in [0.4, 0.5) is 0 Å². The van der Waals surface area contributed by atoms with E-state index >= 15 is 0 Å². The van der Waals surface area contributed by atoms with Gasteiger partial charge in [-0.1, -0.05) is 24.5 Å². The minimum absolute atomic E-state index is 0.0729. The van der Waals surface area contributed by atoms with Crippen molar-refractivity contribution in [1.82, 2.24) is 4.90 Å².